The highest BCUT2D eigenvalue weighted by Gasteiger charge is 2.54. The van der Waals surface area contributed by atoms with Crippen molar-refractivity contribution < 1.29 is 29.0 Å². The largest absolute Gasteiger partial charge is 0.477 e. The molecule has 2 aliphatic heterocycles. The molecule has 4 heterocycles. The van der Waals surface area contributed by atoms with Crippen molar-refractivity contribution in [1.29, 1.82) is 0 Å². The molecule has 0 aliphatic carbocycles. The van der Waals surface area contributed by atoms with Gasteiger partial charge >= 0.3 is 23.2 Å². The van der Waals surface area contributed by atoms with E-state index in [0.717, 1.165) is 33.5 Å². The van der Waals surface area contributed by atoms with E-state index in [-0.39, 0.29) is 38.8 Å². The van der Waals surface area contributed by atoms with Gasteiger partial charge in [0.15, 0.2) is 10.3 Å². The molecule has 0 bridgehead atoms. The van der Waals surface area contributed by atoms with Gasteiger partial charge in [0.05, 0.1) is 11.3 Å². The highest BCUT2D eigenvalue weighted by molar-refractivity contribution is 8.01. The predicted octanol–water partition coefficient (Wildman–Crippen LogP) is 1.38. The fourth-order valence-corrected chi connectivity index (χ4v) is 7.13. The van der Waals surface area contributed by atoms with Crippen molar-refractivity contribution >= 4 is 81.0 Å². The number of amides is 3. The lowest BCUT2D eigenvalue weighted by Crippen LogP contribution is -2.70. The molecule has 0 aromatic carbocycles. The van der Waals surface area contributed by atoms with E-state index in [1.54, 1.807) is 20.8 Å². The second-order valence-electron chi connectivity index (χ2n) is 9.79. The van der Waals surface area contributed by atoms with Gasteiger partial charge in [-0.1, -0.05) is 23.4 Å². The number of aromatic amines is 1. The molecule has 0 radical (unpaired) electrons. The molecule has 1 saturated heterocycles. The molecule has 1 fully saturated rings. The third kappa shape index (κ3) is 6.71. The summed E-state index contributed by atoms with van der Waals surface area (Å²) in [6.45, 7) is 5.12. The number of fused-ring (bicyclic) bond motifs is 1. The number of halogens is 1. The lowest BCUT2D eigenvalue weighted by molar-refractivity contribution is -0.150. The lowest BCUT2D eigenvalue weighted by Gasteiger charge is -2.49. The first kappa shape index (κ1) is 31.3. The number of nitrogens with zero attached hydrogens (tertiary/aromatic N) is 4. The molecule has 4 N–H and O–H groups in total. The maximum Gasteiger partial charge on any atom is 0.413 e. The van der Waals surface area contributed by atoms with Crippen LogP contribution in [0.2, 0.25) is 0 Å². The van der Waals surface area contributed by atoms with Gasteiger partial charge in [0.1, 0.15) is 22.7 Å². The Morgan fingerprint density at radius 3 is 2.64 bits per heavy atom. The van der Waals surface area contributed by atoms with Crippen LogP contribution in [0.3, 0.4) is 0 Å². The van der Waals surface area contributed by atoms with Crippen molar-refractivity contribution in [3.05, 3.63) is 48.6 Å². The summed E-state index contributed by atoms with van der Waals surface area (Å²) in [6.07, 6.45) is -0.724. The first-order chi connectivity index (χ1) is 19.7. The van der Waals surface area contributed by atoms with Crippen LogP contribution in [-0.4, -0.2) is 82.2 Å². The Kier molecular flexibility index (Phi) is 9.19. The minimum Gasteiger partial charge on any atom is -0.477 e. The summed E-state index contributed by atoms with van der Waals surface area (Å²) in [5.74, 6) is -2.38. The number of β-lactam (4-membered cyclic amide) rings is 1. The molecule has 2 aliphatic rings. The first-order valence-corrected chi connectivity index (χ1v) is 15.3. The van der Waals surface area contributed by atoms with Crippen LogP contribution in [0, 0.1) is 0 Å². The van der Waals surface area contributed by atoms with Crippen LogP contribution in [0.15, 0.2) is 36.9 Å². The molecule has 15 nitrogen and oxygen atoms in total. The molecular weight excluding hydrogens is 634 g/mol. The number of aryl methyl sites for hydroxylation is 1. The summed E-state index contributed by atoms with van der Waals surface area (Å²) in [4.78, 5) is 82.3. The fourth-order valence-electron chi connectivity index (χ4n) is 3.82. The molecule has 224 valence electrons. The molecule has 2 aromatic rings. The van der Waals surface area contributed by atoms with Crippen LogP contribution in [0.1, 0.15) is 26.5 Å². The summed E-state index contributed by atoms with van der Waals surface area (Å²) < 4.78 is 6.43. The van der Waals surface area contributed by atoms with Gasteiger partial charge in [0.2, 0.25) is 0 Å². The van der Waals surface area contributed by atoms with Crippen molar-refractivity contribution in [1.82, 2.24) is 30.0 Å². The molecule has 2 atom stereocenters. The molecule has 0 spiro atoms. The first-order valence-electron chi connectivity index (χ1n) is 12.0. The maximum atomic E-state index is 13.1. The Morgan fingerprint density at radius 2 is 2.00 bits per heavy atom. The number of carboxylic acids is 1. The number of rotatable bonds is 8. The number of hydrogen-bond donors (Lipinski definition) is 4. The number of carbonyl (C=O) groups excluding carboxylic acids is 3. The topological polar surface area (TPSA) is 206 Å². The zero-order valence-corrected chi connectivity index (χ0v) is 25.6. The highest BCUT2D eigenvalue weighted by atomic mass is 35.5. The number of thioether (sulfide) groups is 2. The second-order valence-corrected chi connectivity index (χ2v) is 12.9. The number of carbonyl (C=O) groups is 4. The summed E-state index contributed by atoms with van der Waals surface area (Å²) >= 11 is 9.23. The zero-order chi connectivity index (χ0) is 30.9. The normalized spacial score (nSPS) is 18.7. The Hall–Kier alpha value is -3.61. The van der Waals surface area contributed by atoms with Crippen LogP contribution in [0.4, 0.5) is 9.93 Å². The Balaban J connectivity index is 1.44. The van der Waals surface area contributed by atoms with Gasteiger partial charge in [-0.3, -0.25) is 39.2 Å². The number of anilines is 1. The molecule has 2 aromatic heterocycles. The summed E-state index contributed by atoms with van der Waals surface area (Å²) in [6, 6.07) is -1.03. The van der Waals surface area contributed by atoms with Gasteiger partial charge in [-0.15, -0.1) is 23.1 Å². The van der Waals surface area contributed by atoms with E-state index in [9.17, 15) is 33.9 Å². The molecule has 4 rings (SSSR count). The standard InChI is InChI=1S/C23H24ClN7O8S3/c1-23(2,3)39-22(38)28-20-25-11(8-41-20)10(5-24)14(32)26-12-17(35)31-13(19(36)37)9(6-40-18(12)31)7-42-21-27-15(33)16(34)29-30(21)4/h5,8,12,18H,6-7H2,1-4H3,(H,26,32)(H,29,34)(H,36,37)(H,25,28,38)/t12?,18-/m1/s1. The number of ether oxygens (including phenoxy) is 1. The Morgan fingerprint density at radius 1 is 1.29 bits per heavy atom. The number of aliphatic carboxylic acids is 1. The van der Waals surface area contributed by atoms with Gasteiger partial charge in [-0.05, 0) is 26.3 Å². The van der Waals surface area contributed by atoms with Crippen molar-refractivity contribution in [3.63, 3.8) is 0 Å². The van der Waals surface area contributed by atoms with Gasteiger partial charge in [0, 0.05) is 29.5 Å². The average molecular weight is 658 g/mol. The summed E-state index contributed by atoms with van der Waals surface area (Å²) in [5.41, 5.74) is -1.33. The third-order valence-electron chi connectivity index (χ3n) is 5.60. The van der Waals surface area contributed by atoms with E-state index in [1.165, 1.54) is 28.9 Å². The van der Waals surface area contributed by atoms with E-state index >= 15 is 0 Å². The quantitative estimate of drug-likeness (QED) is 0.138. The maximum absolute atomic E-state index is 13.1. The summed E-state index contributed by atoms with van der Waals surface area (Å²) in [7, 11) is 1.48. The van der Waals surface area contributed by atoms with Gasteiger partial charge < -0.3 is 15.2 Å². The van der Waals surface area contributed by atoms with Gasteiger partial charge in [0.25, 0.3) is 11.8 Å². The van der Waals surface area contributed by atoms with Crippen LogP contribution in [0.25, 0.3) is 5.57 Å². The third-order valence-corrected chi connectivity index (χ3v) is 9.03. The minimum atomic E-state index is -1.33. The second kappa shape index (κ2) is 12.3. The van der Waals surface area contributed by atoms with E-state index in [2.05, 4.69) is 25.7 Å². The SMILES string of the molecule is Cn1[nH]c(=O)c(=O)nc1SCC1=C(C(=O)O)N2C(=O)C(NC(=O)C(=CCl)c3csc(NC(=O)OC(C)(C)C)n3)[C@H]2SC1. The van der Waals surface area contributed by atoms with Crippen LogP contribution in [0.5, 0.6) is 0 Å². The molecule has 0 saturated carbocycles. The lowest BCUT2D eigenvalue weighted by atomic mass is 10.0. The van der Waals surface area contributed by atoms with Crippen molar-refractivity contribution in [2.75, 3.05) is 16.8 Å². The van der Waals surface area contributed by atoms with Crippen LogP contribution < -0.4 is 21.8 Å². The van der Waals surface area contributed by atoms with Crippen molar-refractivity contribution in [2.24, 2.45) is 7.05 Å². The molecule has 19 heteroatoms. The monoisotopic (exact) mass is 657 g/mol. The average Bonchev–Trinajstić information content (AvgIpc) is 3.34. The molecule has 3 amide bonds. The number of aromatic nitrogens is 4. The smallest absolute Gasteiger partial charge is 0.413 e. The Bertz CT molecular complexity index is 1640. The predicted molar refractivity (Wildman–Crippen MR) is 156 cm³/mol. The number of nitrogens with one attached hydrogen (secondary N) is 3. The van der Waals surface area contributed by atoms with Gasteiger partial charge in [-0.2, -0.15) is 4.98 Å². The number of hydrogen-bond acceptors (Lipinski definition) is 12. The molecule has 42 heavy (non-hydrogen) atoms. The van der Waals surface area contributed by atoms with E-state index in [0.29, 0.717) is 5.57 Å². The zero-order valence-electron chi connectivity index (χ0n) is 22.4. The van der Waals surface area contributed by atoms with Crippen molar-refractivity contribution in [3.8, 4) is 0 Å². The number of carboxylic acid groups (broad SMARTS) is 1. The van der Waals surface area contributed by atoms with E-state index < -0.39 is 52.0 Å². The fraction of sp³-hybridized carbons (Fsp3) is 0.391. The summed E-state index contributed by atoms with van der Waals surface area (Å²) in [5, 5.41) is 18.4. The number of H-pyrrole nitrogens is 1. The minimum absolute atomic E-state index is 0.0673. The van der Waals surface area contributed by atoms with E-state index in [4.69, 9.17) is 16.3 Å². The molecule has 1 unspecified atom stereocenters. The highest BCUT2D eigenvalue weighted by Crippen LogP contribution is 2.41. The van der Waals surface area contributed by atoms with Gasteiger partial charge in [-0.25, -0.2) is 14.6 Å². The van der Waals surface area contributed by atoms with Crippen LogP contribution in [-0.2, 0) is 26.2 Å². The van der Waals surface area contributed by atoms with Crippen molar-refractivity contribution in [2.45, 2.75) is 42.9 Å². The number of thiazole rings is 1. The van der Waals surface area contributed by atoms with Crippen LogP contribution >= 0.6 is 46.5 Å². The Labute approximate surface area is 254 Å². The van der Waals surface area contributed by atoms with E-state index in [1.807, 2.05) is 0 Å². The molecular formula is C23H24ClN7O8S3.